The molecule has 0 atom stereocenters. The molecule has 2 heterocycles. The average molecular weight is 306 g/mol. The zero-order valence-corrected chi connectivity index (χ0v) is 12.4. The highest BCUT2D eigenvalue weighted by atomic mass is 35.5. The summed E-state index contributed by atoms with van der Waals surface area (Å²) in [6.07, 6.45) is 4.81. The van der Waals surface area contributed by atoms with Gasteiger partial charge in [0.1, 0.15) is 5.82 Å². The van der Waals surface area contributed by atoms with Crippen molar-refractivity contribution >= 4 is 17.3 Å². The summed E-state index contributed by atoms with van der Waals surface area (Å²) in [7, 11) is 0. The number of anilines is 1. The van der Waals surface area contributed by atoms with Crippen molar-refractivity contribution in [3.05, 3.63) is 58.1 Å². The lowest BCUT2D eigenvalue weighted by atomic mass is 10.0. The highest BCUT2D eigenvalue weighted by Gasteiger charge is 2.14. The second-order valence-electron chi connectivity index (χ2n) is 5.18. The van der Waals surface area contributed by atoms with Crippen LogP contribution in [0.25, 0.3) is 0 Å². The summed E-state index contributed by atoms with van der Waals surface area (Å²) in [6.45, 7) is 2.44. The number of hydrogen-bond donors (Lipinski definition) is 2. The molecule has 110 valence electrons. The number of fused-ring (bicyclic) bond motifs is 1. The lowest BCUT2D eigenvalue weighted by molar-refractivity contribution is 0.619. The van der Waals surface area contributed by atoms with Gasteiger partial charge in [0.05, 0.1) is 16.9 Å². The molecule has 1 aromatic carbocycles. The summed E-state index contributed by atoms with van der Waals surface area (Å²) < 4.78 is 13.2. The number of aromatic nitrogens is 1. The fourth-order valence-corrected chi connectivity index (χ4v) is 2.92. The van der Waals surface area contributed by atoms with E-state index in [1.54, 1.807) is 6.20 Å². The molecule has 1 aliphatic heterocycles. The first-order valence-electron chi connectivity index (χ1n) is 7.08. The van der Waals surface area contributed by atoms with Crippen LogP contribution in [-0.4, -0.2) is 18.1 Å². The van der Waals surface area contributed by atoms with Crippen LogP contribution in [0.4, 0.5) is 10.1 Å². The SMILES string of the molecule is Fc1cncc(CNc2c(Cl)ccc3c2CCNCC3)c1. The van der Waals surface area contributed by atoms with E-state index in [0.717, 1.165) is 37.2 Å². The number of hydrogen-bond acceptors (Lipinski definition) is 3. The van der Waals surface area contributed by atoms with E-state index < -0.39 is 0 Å². The van der Waals surface area contributed by atoms with Crippen molar-refractivity contribution in [2.75, 3.05) is 18.4 Å². The normalized spacial score (nSPS) is 14.4. The first-order chi connectivity index (χ1) is 10.2. The number of pyridine rings is 1. The molecule has 0 spiro atoms. The van der Waals surface area contributed by atoms with Gasteiger partial charge in [-0.2, -0.15) is 0 Å². The minimum Gasteiger partial charge on any atom is -0.379 e. The van der Waals surface area contributed by atoms with Crippen LogP contribution in [0.3, 0.4) is 0 Å². The fourth-order valence-electron chi connectivity index (χ4n) is 2.68. The smallest absolute Gasteiger partial charge is 0.141 e. The quantitative estimate of drug-likeness (QED) is 0.914. The maximum absolute atomic E-state index is 13.2. The van der Waals surface area contributed by atoms with Crippen LogP contribution < -0.4 is 10.6 Å². The van der Waals surface area contributed by atoms with Gasteiger partial charge in [-0.1, -0.05) is 17.7 Å². The molecule has 0 amide bonds. The Kier molecular flexibility index (Phi) is 4.36. The van der Waals surface area contributed by atoms with E-state index >= 15 is 0 Å². The first kappa shape index (κ1) is 14.3. The van der Waals surface area contributed by atoms with Crippen molar-refractivity contribution in [1.29, 1.82) is 0 Å². The second-order valence-corrected chi connectivity index (χ2v) is 5.58. The van der Waals surface area contributed by atoms with E-state index in [1.165, 1.54) is 23.4 Å². The summed E-state index contributed by atoms with van der Waals surface area (Å²) in [5.41, 5.74) is 4.35. The predicted molar refractivity (Wildman–Crippen MR) is 83.3 cm³/mol. The Hall–Kier alpha value is -1.65. The van der Waals surface area contributed by atoms with Gasteiger partial charge in [-0.15, -0.1) is 0 Å². The molecule has 3 nitrogen and oxygen atoms in total. The number of halogens is 2. The van der Waals surface area contributed by atoms with Crippen LogP contribution in [0, 0.1) is 5.82 Å². The van der Waals surface area contributed by atoms with Gasteiger partial charge < -0.3 is 10.6 Å². The molecule has 0 aliphatic carbocycles. The van der Waals surface area contributed by atoms with Crippen molar-refractivity contribution in [3.63, 3.8) is 0 Å². The molecule has 2 N–H and O–H groups in total. The van der Waals surface area contributed by atoms with E-state index in [4.69, 9.17) is 11.6 Å². The Bertz CT molecular complexity index is 645. The third-order valence-corrected chi connectivity index (χ3v) is 4.03. The van der Waals surface area contributed by atoms with Crippen LogP contribution in [-0.2, 0) is 19.4 Å². The standard InChI is InChI=1S/C16H17ClFN3/c17-15-2-1-12-3-5-19-6-4-14(12)16(15)21-9-11-7-13(18)10-20-8-11/h1-2,7-8,10,19,21H,3-6,9H2. The average Bonchev–Trinajstić information content (AvgIpc) is 2.72. The van der Waals surface area contributed by atoms with Crippen molar-refractivity contribution < 1.29 is 4.39 Å². The molecule has 3 rings (SSSR count). The fraction of sp³-hybridized carbons (Fsp3) is 0.312. The molecule has 0 fully saturated rings. The molecule has 0 saturated heterocycles. The predicted octanol–water partition coefficient (Wildman–Crippen LogP) is 3.17. The van der Waals surface area contributed by atoms with Crippen molar-refractivity contribution in [2.45, 2.75) is 19.4 Å². The van der Waals surface area contributed by atoms with Gasteiger partial charge >= 0.3 is 0 Å². The van der Waals surface area contributed by atoms with Gasteiger partial charge in [0.25, 0.3) is 0 Å². The van der Waals surface area contributed by atoms with Gasteiger partial charge in [0, 0.05) is 12.7 Å². The first-order valence-corrected chi connectivity index (χ1v) is 7.46. The molecular formula is C16H17ClFN3. The highest BCUT2D eigenvalue weighted by molar-refractivity contribution is 6.33. The van der Waals surface area contributed by atoms with Gasteiger partial charge in [-0.25, -0.2) is 4.39 Å². The van der Waals surface area contributed by atoms with Gasteiger partial charge in [0.15, 0.2) is 0 Å². The summed E-state index contributed by atoms with van der Waals surface area (Å²) in [5.74, 6) is -0.323. The van der Waals surface area contributed by atoms with Crippen LogP contribution >= 0.6 is 11.6 Å². The van der Waals surface area contributed by atoms with Crippen molar-refractivity contribution in [1.82, 2.24) is 10.3 Å². The molecule has 0 saturated carbocycles. The third-order valence-electron chi connectivity index (χ3n) is 3.71. The Morgan fingerprint density at radius 1 is 1.24 bits per heavy atom. The Morgan fingerprint density at radius 3 is 2.95 bits per heavy atom. The highest BCUT2D eigenvalue weighted by Crippen LogP contribution is 2.31. The summed E-state index contributed by atoms with van der Waals surface area (Å²) in [4.78, 5) is 3.86. The minimum absolute atomic E-state index is 0.323. The summed E-state index contributed by atoms with van der Waals surface area (Å²) in [6, 6.07) is 5.51. The lowest BCUT2D eigenvalue weighted by Gasteiger charge is -2.16. The molecule has 21 heavy (non-hydrogen) atoms. The maximum atomic E-state index is 13.2. The van der Waals surface area contributed by atoms with Crippen LogP contribution in [0.15, 0.2) is 30.6 Å². The molecule has 0 bridgehead atoms. The number of nitrogens with one attached hydrogen (secondary N) is 2. The number of nitrogens with zero attached hydrogens (tertiary/aromatic N) is 1. The van der Waals surface area contributed by atoms with E-state index in [2.05, 4.69) is 21.7 Å². The Balaban J connectivity index is 1.84. The molecular weight excluding hydrogens is 289 g/mol. The molecule has 2 aromatic rings. The van der Waals surface area contributed by atoms with Crippen molar-refractivity contribution in [2.24, 2.45) is 0 Å². The van der Waals surface area contributed by atoms with E-state index in [-0.39, 0.29) is 5.82 Å². The second kappa shape index (κ2) is 6.41. The summed E-state index contributed by atoms with van der Waals surface area (Å²) >= 11 is 6.34. The van der Waals surface area contributed by atoms with Crippen molar-refractivity contribution in [3.8, 4) is 0 Å². The molecule has 0 radical (unpaired) electrons. The van der Waals surface area contributed by atoms with Crippen LogP contribution in [0.2, 0.25) is 5.02 Å². The zero-order valence-electron chi connectivity index (χ0n) is 11.6. The minimum atomic E-state index is -0.323. The molecule has 1 aromatic heterocycles. The summed E-state index contributed by atoms with van der Waals surface area (Å²) in [5, 5.41) is 7.45. The monoisotopic (exact) mass is 305 g/mol. The number of rotatable bonds is 3. The number of benzene rings is 1. The van der Waals surface area contributed by atoms with E-state index in [0.29, 0.717) is 11.6 Å². The lowest BCUT2D eigenvalue weighted by Crippen LogP contribution is -2.16. The maximum Gasteiger partial charge on any atom is 0.141 e. The van der Waals surface area contributed by atoms with Gasteiger partial charge in [-0.05, 0) is 54.8 Å². The van der Waals surface area contributed by atoms with Crippen LogP contribution in [0.5, 0.6) is 0 Å². The molecule has 1 aliphatic rings. The van der Waals surface area contributed by atoms with Gasteiger partial charge in [0.2, 0.25) is 0 Å². The molecule has 5 heteroatoms. The Labute approximate surface area is 128 Å². The van der Waals surface area contributed by atoms with Gasteiger partial charge in [-0.3, -0.25) is 4.98 Å². The largest absolute Gasteiger partial charge is 0.379 e. The Morgan fingerprint density at radius 2 is 2.10 bits per heavy atom. The van der Waals surface area contributed by atoms with E-state index in [9.17, 15) is 4.39 Å². The topological polar surface area (TPSA) is 37.0 Å². The van der Waals surface area contributed by atoms with E-state index in [1.807, 2.05) is 6.07 Å². The molecule has 0 unspecified atom stereocenters. The van der Waals surface area contributed by atoms with Crippen LogP contribution in [0.1, 0.15) is 16.7 Å². The zero-order chi connectivity index (χ0) is 14.7. The third kappa shape index (κ3) is 3.34.